The molecule has 0 saturated carbocycles. The molecule has 0 fully saturated rings. The molecule has 8 heteroatoms. The minimum Gasteiger partial charge on any atom is -0.463 e. The van der Waals surface area contributed by atoms with Crippen molar-refractivity contribution in [2.75, 3.05) is 6.54 Å². The number of rotatable bonds is 7. The number of aryl methyl sites for hydroxylation is 1. The van der Waals surface area contributed by atoms with Crippen LogP contribution in [0.4, 0.5) is 0 Å². The van der Waals surface area contributed by atoms with Crippen LogP contribution in [0, 0.1) is 6.92 Å². The van der Waals surface area contributed by atoms with E-state index in [1.165, 1.54) is 12.3 Å². The highest BCUT2D eigenvalue weighted by molar-refractivity contribution is 5.80. The Labute approximate surface area is 178 Å². The van der Waals surface area contributed by atoms with E-state index in [1.54, 1.807) is 32.0 Å². The van der Waals surface area contributed by atoms with Gasteiger partial charge in [-0.2, -0.15) is 5.10 Å². The van der Waals surface area contributed by atoms with Gasteiger partial charge in [-0.05, 0) is 38.0 Å². The Morgan fingerprint density at radius 2 is 1.94 bits per heavy atom. The van der Waals surface area contributed by atoms with Gasteiger partial charge in [0.1, 0.15) is 11.7 Å². The zero-order chi connectivity index (χ0) is 21.8. The number of hydrogen-bond donors (Lipinski definition) is 1. The lowest BCUT2D eigenvalue weighted by atomic mass is 10.1. The molecule has 0 radical (unpaired) electrons. The minimum absolute atomic E-state index is 0.292. The molecule has 1 atom stereocenters. The summed E-state index contributed by atoms with van der Waals surface area (Å²) >= 11 is 0. The fourth-order valence-electron chi connectivity index (χ4n) is 3.25. The molecule has 0 spiro atoms. The van der Waals surface area contributed by atoms with E-state index in [-0.39, 0.29) is 5.91 Å². The van der Waals surface area contributed by atoms with Crippen LogP contribution >= 0.6 is 0 Å². The van der Waals surface area contributed by atoms with Gasteiger partial charge in [-0.25, -0.2) is 4.68 Å². The fourth-order valence-corrected chi connectivity index (χ4v) is 3.25. The molecule has 1 N–H and O–H groups in total. The number of amides is 1. The predicted molar refractivity (Wildman–Crippen MR) is 114 cm³/mol. The van der Waals surface area contributed by atoms with Crippen LogP contribution in [0.5, 0.6) is 0 Å². The largest absolute Gasteiger partial charge is 0.463 e. The minimum atomic E-state index is -0.803. The number of nitrogens with one attached hydrogen (secondary N) is 1. The second-order valence-electron chi connectivity index (χ2n) is 7.20. The summed E-state index contributed by atoms with van der Waals surface area (Å²) in [6.07, 6.45) is 2.21. The lowest BCUT2D eigenvalue weighted by Crippen LogP contribution is -2.38. The van der Waals surface area contributed by atoms with Crippen molar-refractivity contribution in [2.45, 2.75) is 26.3 Å². The SMILES string of the molecule is Cc1cc(-c2cc(=O)n([C@H](C)C(=O)NCCc3ccccc3)nc2-c2ccco2)on1. The van der Waals surface area contributed by atoms with Gasteiger partial charge in [0.2, 0.25) is 5.91 Å². The molecule has 4 rings (SSSR count). The lowest BCUT2D eigenvalue weighted by molar-refractivity contribution is -0.124. The van der Waals surface area contributed by atoms with Gasteiger partial charge in [0.15, 0.2) is 11.5 Å². The highest BCUT2D eigenvalue weighted by Crippen LogP contribution is 2.30. The van der Waals surface area contributed by atoms with Gasteiger partial charge in [-0.3, -0.25) is 9.59 Å². The lowest BCUT2D eigenvalue weighted by Gasteiger charge is -2.16. The molecule has 158 valence electrons. The molecule has 8 nitrogen and oxygen atoms in total. The molecule has 31 heavy (non-hydrogen) atoms. The number of aromatic nitrogens is 3. The average Bonchev–Trinajstić information content (AvgIpc) is 3.46. The van der Waals surface area contributed by atoms with Gasteiger partial charge in [-0.15, -0.1) is 0 Å². The Balaban J connectivity index is 1.59. The number of hydrogen-bond acceptors (Lipinski definition) is 6. The molecule has 4 aromatic rings. The molecular weight excluding hydrogens is 396 g/mol. The zero-order valence-electron chi connectivity index (χ0n) is 17.2. The van der Waals surface area contributed by atoms with Crippen molar-refractivity contribution in [3.8, 4) is 22.8 Å². The molecule has 1 aromatic carbocycles. The van der Waals surface area contributed by atoms with Crippen molar-refractivity contribution in [2.24, 2.45) is 0 Å². The second kappa shape index (κ2) is 8.83. The van der Waals surface area contributed by atoms with E-state index in [0.29, 0.717) is 41.4 Å². The van der Waals surface area contributed by atoms with Gasteiger partial charge in [0.25, 0.3) is 5.56 Å². The van der Waals surface area contributed by atoms with Crippen LogP contribution in [0.25, 0.3) is 22.8 Å². The van der Waals surface area contributed by atoms with Gasteiger partial charge in [0, 0.05) is 18.7 Å². The van der Waals surface area contributed by atoms with E-state index >= 15 is 0 Å². The van der Waals surface area contributed by atoms with Crippen LogP contribution in [0.15, 0.2) is 74.6 Å². The van der Waals surface area contributed by atoms with Crippen LogP contribution < -0.4 is 10.9 Å². The van der Waals surface area contributed by atoms with E-state index in [4.69, 9.17) is 8.94 Å². The first-order chi connectivity index (χ1) is 15.0. The van der Waals surface area contributed by atoms with Gasteiger partial charge >= 0.3 is 0 Å². The van der Waals surface area contributed by atoms with E-state index in [1.807, 2.05) is 30.3 Å². The van der Waals surface area contributed by atoms with E-state index < -0.39 is 11.6 Å². The standard InChI is InChI=1S/C23H22N4O4/c1-15-13-20(31-26-15)18-14-21(28)27(25-22(18)19-9-6-12-30-19)16(2)23(29)24-11-10-17-7-4-3-5-8-17/h3-9,12-14,16H,10-11H2,1-2H3,(H,24,29)/t16-/m1/s1. The molecule has 3 heterocycles. The third-order valence-electron chi connectivity index (χ3n) is 4.91. The Morgan fingerprint density at radius 1 is 1.13 bits per heavy atom. The monoisotopic (exact) mass is 418 g/mol. The first-order valence-corrected chi connectivity index (χ1v) is 9.96. The average molecular weight is 418 g/mol. The normalized spacial score (nSPS) is 11.9. The van der Waals surface area contributed by atoms with Crippen molar-refractivity contribution in [1.82, 2.24) is 20.3 Å². The van der Waals surface area contributed by atoms with E-state index in [2.05, 4.69) is 15.6 Å². The molecule has 1 amide bonds. The predicted octanol–water partition coefficient (Wildman–Crippen LogP) is 3.39. The van der Waals surface area contributed by atoms with Crippen LogP contribution in [0.2, 0.25) is 0 Å². The molecule has 0 aliphatic carbocycles. The molecule has 0 saturated heterocycles. The number of benzene rings is 1. The Kier molecular flexibility index (Phi) is 5.79. The van der Waals surface area contributed by atoms with Crippen molar-refractivity contribution in [1.29, 1.82) is 0 Å². The summed E-state index contributed by atoms with van der Waals surface area (Å²) in [5.74, 6) is 0.564. The summed E-state index contributed by atoms with van der Waals surface area (Å²) in [6, 6.07) is 15.6. The first kappa shape index (κ1) is 20.3. The highest BCUT2D eigenvalue weighted by Gasteiger charge is 2.23. The molecule has 3 aromatic heterocycles. The van der Waals surface area contributed by atoms with E-state index in [9.17, 15) is 9.59 Å². The number of carbonyl (C=O) groups excluding carboxylic acids is 1. The summed E-state index contributed by atoms with van der Waals surface area (Å²) < 4.78 is 12.0. The van der Waals surface area contributed by atoms with E-state index in [0.717, 1.165) is 10.2 Å². The maximum absolute atomic E-state index is 12.8. The summed E-state index contributed by atoms with van der Waals surface area (Å²) in [4.78, 5) is 25.5. The van der Waals surface area contributed by atoms with Crippen molar-refractivity contribution in [3.05, 3.63) is 82.5 Å². The van der Waals surface area contributed by atoms with Gasteiger partial charge < -0.3 is 14.3 Å². The molecule has 0 aliphatic rings. The third kappa shape index (κ3) is 4.48. The maximum Gasteiger partial charge on any atom is 0.268 e. The summed E-state index contributed by atoms with van der Waals surface area (Å²) in [5.41, 5.74) is 2.22. The summed E-state index contributed by atoms with van der Waals surface area (Å²) in [6.45, 7) is 3.88. The topological polar surface area (TPSA) is 103 Å². The quantitative estimate of drug-likeness (QED) is 0.493. The van der Waals surface area contributed by atoms with Crippen LogP contribution in [0.1, 0.15) is 24.2 Å². The molecule has 0 unspecified atom stereocenters. The third-order valence-corrected chi connectivity index (χ3v) is 4.91. The van der Waals surface area contributed by atoms with Crippen LogP contribution in [-0.4, -0.2) is 27.4 Å². The molecular formula is C23H22N4O4. The highest BCUT2D eigenvalue weighted by atomic mass is 16.5. The summed E-state index contributed by atoms with van der Waals surface area (Å²) in [5, 5.41) is 11.2. The first-order valence-electron chi connectivity index (χ1n) is 9.96. The van der Waals surface area contributed by atoms with Crippen molar-refractivity contribution < 1.29 is 13.7 Å². The smallest absolute Gasteiger partial charge is 0.268 e. The summed E-state index contributed by atoms with van der Waals surface area (Å²) in [7, 11) is 0. The Hall–Kier alpha value is -3.94. The Morgan fingerprint density at radius 3 is 2.61 bits per heavy atom. The second-order valence-corrected chi connectivity index (χ2v) is 7.20. The zero-order valence-corrected chi connectivity index (χ0v) is 17.2. The van der Waals surface area contributed by atoms with Crippen LogP contribution in [0.3, 0.4) is 0 Å². The number of carbonyl (C=O) groups is 1. The van der Waals surface area contributed by atoms with Crippen molar-refractivity contribution in [3.63, 3.8) is 0 Å². The maximum atomic E-state index is 12.8. The number of furan rings is 1. The van der Waals surface area contributed by atoms with Gasteiger partial charge in [0.05, 0.1) is 17.5 Å². The fraction of sp³-hybridized carbons (Fsp3) is 0.217. The van der Waals surface area contributed by atoms with Crippen molar-refractivity contribution >= 4 is 5.91 Å². The number of nitrogens with zero attached hydrogens (tertiary/aromatic N) is 3. The molecule has 0 bridgehead atoms. The van der Waals surface area contributed by atoms with Crippen LogP contribution in [-0.2, 0) is 11.2 Å². The van der Waals surface area contributed by atoms with Gasteiger partial charge in [-0.1, -0.05) is 35.5 Å². The molecule has 0 aliphatic heterocycles. The Bertz CT molecular complexity index is 1230.